The van der Waals surface area contributed by atoms with Gasteiger partial charge in [-0.05, 0) is 28.1 Å². The summed E-state index contributed by atoms with van der Waals surface area (Å²) < 4.78 is 20.0. The molecule has 3 rings (SSSR count). The van der Waals surface area contributed by atoms with Crippen molar-refractivity contribution in [2.75, 3.05) is 7.11 Å². The van der Waals surface area contributed by atoms with E-state index >= 15 is 0 Å². The van der Waals surface area contributed by atoms with E-state index in [0.29, 0.717) is 16.2 Å². The van der Waals surface area contributed by atoms with Crippen LogP contribution in [0.1, 0.15) is 13.8 Å². The molecule has 3 nitrogen and oxygen atoms in total. The Morgan fingerprint density at radius 1 is 1.19 bits per heavy atom. The van der Waals surface area contributed by atoms with Crippen LogP contribution >= 0.6 is 15.9 Å². The SMILES string of the molecule is CC.COc1ccccc1-c1cn(F)c2ncc(Br)cc12. The molecular weight excluding hydrogens is 335 g/mol. The van der Waals surface area contributed by atoms with E-state index in [0.717, 1.165) is 21.0 Å². The van der Waals surface area contributed by atoms with Crippen LogP contribution in [0, 0.1) is 0 Å². The molecule has 0 aliphatic rings. The van der Waals surface area contributed by atoms with Crippen molar-refractivity contribution in [2.45, 2.75) is 13.8 Å². The number of ether oxygens (including phenoxy) is 1. The van der Waals surface area contributed by atoms with Crippen molar-refractivity contribution in [3.63, 3.8) is 0 Å². The molecule has 110 valence electrons. The minimum atomic E-state index is 0.295. The number of fused-ring (bicyclic) bond motifs is 1. The van der Waals surface area contributed by atoms with Crippen molar-refractivity contribution in [3.05, 3.63) is 47.2 Å². The second kappa shape index (κ2) is 6.72. The summed E-state index contributed by atoms with van der Waals surface area (Å²) in [4.78, 5) is 4.61. The molecule has 2 heterocycles. The molecule has 0 atom stereocenters. The molecular formula is C16H16BrFN2O. The van der Waals surface area contributed by atoms with Gasteiger partial charge in [0.25, 0.3) is 0 Å². The lowest BCUT2D eigenvalue weighted by Gasteiger charge is -2.06. The molecule has 0 N–H and O–H groups in total. The summed E-state index contributed by atoms with van der Waals surface area (Å²) in [6, 6.07) is 9.37. The first kappa shape index (κ1) is 15.5. The summed E-state index contributed by atoms with van der Waals surface area (Å²) in [5, 5.41) is 0.737. The van der Waals surface area contributed by atoms with Crippen LogP contribution in [-0.4, -0.2) is 16.9 Å². The molecule has 1 aromatic carbocycles. The summed E-state index contributed by atoms with van der Waals surface area (Å²) in [5.74, 6) is 0.704. The van der Waals surface area contributed by atoms with E-state index in [-0.39, 0.29) is 0 Å². The van der Waals surface area contributed by atoms with E-state index in [2.05, 4.69) is 20.9 Å². The monoisotopic (exact) mass is 350 g/mol. The number of methoxy groups -OCH3 is 1. The number of rotatable bonds is 2. The Hall–Kier alpha value is -1.88. The van der Waals surface area contributed by atoms with Crippen molar-refractivity contribution in [2.24, 2.45) is 0 Å². The largest absolute Gasteiger partial charge is 0.496 e. The Bertz CT molecular complexity index is 755. The van der Waals surface area contributed by atoms with Crippen LogP contribution in [0.2, 0.25) is 0 Å². The molecule has 0 saturated heterocycles. The molecule has 2 aromatic heterocycles. The maximum Gasteiger partial charge on any atom is 0.170 e. The third-order valence-electron chi connectivity index (χ3n) is 2.97. The van der Waals surface area contributed by atoms with E-state index in [1.807, 2.05) is 44.2 Å². The van der Waals surface area contributed by atoms with Crippen LogP contribution in [0.3, 0.4) is 0 Å². The van der Waals surface area contributed by atoms with Crippen molar-refractivity contribution in [1.29, 1.82) is 0 Å². The summed E-state index contributed by atoms with van der Waals surface area (Å²) in [6.45, 7) is 4.00. The van der Waals surface area contributed by atoms with Gasteiger partial charge in [-0.3, -0.25) is 0 Å². The smallest absolute Gasteiger partial charge is 0.170 e. The lowest BCUT2D eigenvalue weighted by atomic mass is 10.1. The second-order valence-corrected chi connectivity index (χ2v) is 4.99. The van der Waals surface area contributed by atoms with Gasteiger partial charge in [-0.25, -0.2) is 4.98 Å². The average Bonchev–Trinajstić information content (AvgIpc) is 2.85. The zero-order valence-electron chi connectivity index (χ0n) is 12.1. The minimum absolute atomic E-state index is 0.295. The van der Waals surface area contributed by atoms with Gasteiger partial charge in [0.15, 0.2) is 5.65 Å². The fraction of sp³-hybridized carbons (Fsp3) is 0.188. The highest BCUT2D eigenvalue weighted by Gasteiger charge is 2.14. The van der Waals surface area contributed by atoms with Gasteiger partial charge in [0.1, 0.15) is 5.75 Å². The van der Waals surface area contributed by atoms with Crippen LogP contribution < -0.4 is 4.74 Å². The molecule has 0 aliphatic heterocycles. The number of aromatic nitrogens is 2. The number of nitrogens with zero attached hydrogens (tertiary/aromatic N) is 2. The fourth-order valence-corrected chi connectivity index (χ4v) is 2.46. The predicted octanol–water partition coefficient (Wildman–Crippen LogP) is 5.23. The van der Waals surface area contributed by atoms with Gasteiger partial charge < -0.3 is 4.74 Å². The van der Waals surface area contributed by atoms with Crippen molar-refractivity contribution in [3.8, 4) is 16.9 Å². The Balaban J connectivity index is 0.000000774. The molecule has 0 spiro atoms. The highest BCUT2D eigenvalue weighted by molar-refractivity contribution is 9.10. The fourth-order valence-electron chi connectivity index (χ4n) is 2.13. The number of hydrogen-bond donors (Lipinski definition) is 0. The highest BCUT2D eigenvalue weighted by atomic mass is 79.9. The quantitative estimate of drug-likeness (QED) is 0.632. The van der Waals surface area contributed by atoms with E-state index in [4.69, 9.17) is 4.74 Å². The number of para-hydroxylation sites is 1. The van der Waals surface area contributed by atoms with Crippen molar-refractivity contribution >= 4 is 27.0 Å². The molecule has 0 radical (unpaired) electrons. The minimum Gasteiger partial charge on any atom is -0.496 e. The Morgan fingerprint density at radius 2 is 1.90 bits per heavy atom. The van der Waals surface area contributed by atoms with Gasteiger partial charge in [0.2, 0.25) is 0 Å². The van der Waals surface area contributed by atoms with Gasteiger partial charge >= 0.3 is 0 Å². The van der Waals surface area contributed by atoms with Crippen LogP contribution in [0.5, 0.6) is 5.75 Å². The van der Waals surface area contributed by atoms with Gasteiger partial charge in [-0.15, -0.1) is 0 Å². The molecule has 3 aromatic rings. The second-order valence-electron chi connectivity index (χ2n) is 4.08. The van der Waals surface area contributed by atoms with E-state index < -0.39 is 0 Å². The normalized spacial score (nSPS) is 10.1. The molecule has 21 heavy (non-hydrogen) atoms. The van der Waals surface area contributed by atoms with Crippen molar-refractivity contribution in [1.82, 2.24) is 9.77 Å². The molecule has 0 amide bonds. The first-order valence-electron chi connectivity index (χ1n) is 6.67. The lowest BCUT2D eigenvalue weighted by Crippen LogP contribution is -1.86. The van der Waals surface area contributed by atoms with Gasteiger partial charge in [-0.1, -0.05) is 36.5 Å². The first-order chi connectivity index (χ1) is 10.2. The molecule has 5 heteroatoms. The highest BCUT2D eigenvalue weighted by Crippen LogP contribution is 2.36. The Labute approximate surface area is 131 Å². The van der Waals surface area contributed by atoms with Gasteiger partial charge in [0.05, 0.1) is 7.11 Å². The van der Waals surface area contributed by atoms with E-state index in [1.165, 1.54) is 6.20 Å². The molecule has 0 aliphatic carbocycles. The third-order valence-corrected chi connectivity index (χ3v) is 3.40. The summed E-state index contributed by atoms with van der Waals surface area (Å²) in [7, 11) is 1.60. The third kappa shape index (κ3) is 2.93. The van der Waals surface area contributed by atoms with Crippen molar-refractivity contribution < 1.29 is 9.22 Å². The lowest BCUT2D eigenvalue weighted by molar-refractivity contribution is 0.385. The summed E-state index contributed by atoms with van der Waals surface area (Å²) in [5.41, 5.74) is 1.89. The molecule has 0 bridgehead atoms. The van der Waals surface area contributed by atoms with Gasteiger partial charge in [-0.2, -0.15) is 4.79 Å². The molecule has 0 fully saturated rings. The summed E-state index contributed by atoms with van der Waals surface area (Å²) in [6.07, 6.45) is 2.99. The summed E-state index contributed by atoms with van der Waals surface area (Å²) >= 11 is 3.36. The standard InChI is InChI=1S/C14H10BrFN2O.C2H6/c1-19-13-5-3-2-4-10(13)12-8-18(16)14-11(12)6-9(15)7-17-14;1-2/h2-8H,1H3;1-2H3. The Morgan fingerprint density at radius 3 is 2.62 bits per heavy atom. The topological polar surface area (TPSA) is 27.1 Å². The zero-order chi connectivity index (χ0) is 15.4. The number of benzene rings is 1. The van der Waals surface area contributed by atoms with Crippen LogP contribution in [0.4, 0.5) is 4.48 Å². The maximum atomic E-state index is 13.9. The van der Waals surface area contributed by atoms with E-state index in [1.54, 1.807) is 13.3 Å². The number of halogens is 2. The molecule has 0 saturated carbocycles. The van der Waals surface area contributed by atoms with E-state index in [9.17, 15) is 4.48 Å². The number of hydrogen-bond acceptors (Lipinski definition) is 2. The maximum absolute atomic E-state index is 13.9. The van der Waals surface area contributed by atoms with Crippen LogP contribution in [-0.2, 0) is 0 Å². The van der Waals surface area contributed by atoms with Crippen LogP contribution in [0.25, 0.3) is 22.2 Å². The van der Waals surface area contributed by atoms with Gasteiger partial charge in [0, 0.05) is 33.4 Å². The molecule has 0 unspecified atom stereocenters. The van der Waals surface area contributed by atoms with Crippen LogP contribution in [0.15, 0.2) is 47.2 Å². The average molecular weight is 351 g/mol. The predicted molar refractivity (Wildman–Crippen MR) is 87.3 cm³/mol. The first-order valence-corrected chi connectivity index (χ1v) is 7.46. The zero-order valence-corrected chi connectivity index (χ0v) is 13.7. The number of pyridine rings is 1. The Kier molecular flexibility index (Phi) is 4.96.